The number of carbonyl (C=O) groups excluding carboxylic acids is 1. The third-order valence-corrected chi connectivity index (χ3v) is 2.75. The normalized spacial score (nSPS) is 12.4. The molecule has 0 saturated heterocycles. The molecule has 0 amide bonds. The van der Waals surface area contributed by atoms with Crippen molar-refractivity contribution in [1.82, 2.24) is 0 Å². The molecule has 2 nitrogen and oxygen atoms in total. The third-order valence-electron chi connectivity index (χ3n) is 2.28. The van der Waals surface area contributed by atoms with Crippen molar-refractivity contribution < 1.29 is 22.7 Å². The molecule has 94 valence electrons. The van der Waals surface area contributed by atoms with Crippen LogP contribution in [0.3, 0.4) is 0 Å². The van der Waals surface area contributed by atoms with Crippen LogP contribution in [0.1, 0.15) is 19.4 Å². The second-order valence-electron chi connectivity index (χ2n) is 3.97. The van der Waals surface area contributed by atoms with E-state index in [9.17, 15) is 18.0 Å². The summed E-state index contributed by atoms with van der Waals surface area (Å²) in [6.07, 6.45) is -4.76. The highest BCUT2D eigenvalue weighted by Crippen LogP contribution is 2.30. The lowest BCUT2D eigenvalue weighted by Gasteiger charge is -2.21. The lowest BCUT2D eigenvalue weighted by Crippen LogP contribution is -2.25. The SMILES string of the molecule is CC(C)(C(=O)Cl)c1cccc(OC(F)(F)F)c1. The van der Waals surface area contributed by atoms with E-state index >= 15 is 0 Å². The Hall–Kier alpha value is -1.23. The first kappa shape index (κ1) is 13.8. The molecule has 1 aromatic carbocycles. The average Bonchev–Trinajstić information content (AvgIpc) is 2.15. The van der Waals surface area contributed by atoms with Gasteiger partial charge in [0.05, 0.1) is 5.41 Å². The Kier molecular flexibility index (Phi) is 3.71. The van der Waals surface area contributed by atoms with Crippen LogP contribution in [0.4, 0.5) is 13.2 Å². The van der Waals surface area contributed by atoms with E-state index in [0.29, 0.717) is 5.56 Å². The zero-order chi connectivity index (χ0) is 13.3. The lowest BCUT2D eigenvalue weighted by molar-refractivity contribution is -0.274. The molecule has 0 saturated carbocycles. The van der Waals surface area contributed by atoms with Gasteiger partial charge >= 0.3 is 6.36 Å². The Morgan fingerprint density at radius 1 is 1.29 bits per heavy atom. The minimum Gasteiger partial charge on any atom is -0.406 e. The minimum absolute atomic E-state index is 0.360. The quantitative estimate of drug-likeness (QED) is 0.781. The Bertz CT molecular complexity index is 427. The van der Waals surface area contributed by atoms with E-state index in [1.165, 1.54) is 26.0 Å². The van der Waals surface area contributed by atoms with Crippen molar-refractivity contribution in [2.24, 2.45) is 0 Å². The van der Waals surface area contributed by atoms with Crippen LogP contribution < -0.4 is 4.74 Å². The molecule has 0 bridgehead atoms. The van der Waals surface area contributed by atoms with Crippen LogP contribution in [0, 0.1) is 0 Å². The first-order valence-electron chi connectivity index (χ1n) is 4.69. The van der Waals surface area contributed by atoms with Crippen molar-refractivity contribution >= 4 is 16.8 Å². The molecule has 0 aliphatic heterocycles. The second-order valence-corrected chi connectivity index (χ2v) is 4.32. The maximum Gasteiger partial charge on any atom is 0.573 e. The molecule has 0 spiro atoms. The highest BCUT2D eigenvalue weighted by molar-refractivity contribution is 6.65. The molecule has 6 heteroatoms. The first-order chi connectivity index (χ1) is 7.63. The van der Waals surface area contributed by atoms with Gasteiger partial charge in [-0.25, -0.2) is 0 Å². The molecule has 17 heavy (non-hydrogen) atoms. The van der Waals surface area contributed by atoms with Crippen molar-refractivity contribution in [3.05, 3.63) is 29.8 Å². The monoisotopic (exact) mass is 266 g/mol. The minimum atomic E-state index is -4.76. The molecule has 1 aromatic rings. The van der Waals surface area contributed by atoms with Gasteiger partial charge in [0.1, 0.15) is 5.75 Å². The van der Waals surface area contributed by atoms with Gasteiger partial charge in [-0.2, -0.15) is 0 Å². The van der Waals surface area contributed by atoms with Gasteiger partial charge in [-0.05, 0) is 43.1 Å². The molecule has 0 atom stereocenters. The molecule has 0 unspecified atom stereocenters. The van der Waals surface area contributed by atoms with Gasteiger partial charge in [0, 0.05) is 0 Å². The summed E-state index contributed by atoms with van der Waals surface area (Å²) in [5.41, 5.74) is -0.703. The molecule has 0 heterocycles. The average molecular weight is 267 g/mol. The van der Waals surface area contributed by atoms with Crippen LogP contribution in [0.25, 0.3) is 0 Å². The smallest absolute Gasteiger partial charge is 0.406 e. The summed E-state index contributed by atoms with van der Waals surface area (Å²) in [4.78, 5) is 11.2. The molecule has 0 aromatic heterocycles. The maximum absolute atomic E-state index is 12.0. The predicted octanol–water partition coefficient (Wildman–Crippen LogP) is 3.63. The van der Waals surface area contributed by atoms with Crippen LogP contribution in [0.15, 0.2) is 24.3 Å². The van der Waals surface area contributed by atoms with Crippen molar-refractivity contribution in [2.45, 2.75) is 25.6 Å². The van der Waals surface area contributed by atoms with Crippen LogP contribution in [0.5, 0.6) is 5.75 Å². The van der Waals surface area contributed by atoms with Gasteiger partial charge in [0.25, 0.3) is 0 Å². The molecular formula is C11H10ClF3O2. The number of alkyl halides is 3. The Labute approximate surface area is 101 Å². The highest BCUT2D eigenvalue weighted by atomic mass is 35.5. The number of rotatable bonds is 3. The number of hydrogen-bond acceptors (Lipinski definition) is 2. The zero-order valence-electron chi connectivity index (χ0n) is 9.14. The van der Waals surface area contributed by atoms with E-state index in [2.05, 4.69) is 4.74 Å². The van der Waals surface area contributed by atoms with Crippen LogP contribution >= 0.6 is 11.6 Å². The topological polar surface area (TPSA) is 26.3 Å². The fourth-order valence-corrected chi connectivity index (χ4v) is 1.30. The third kappa shape index (κ3) is 3.63. The van der Waals surface area contributed by atoms with Crippen molar-refractivity contribution in [1.29, 1.82) is 0 Å². The van der Waals surface area contributed by atoms with Crippen LogP contribution in [0.2, 0.25) is 0 Å². The number of carbonyl (C=O) groups is 1. The summed E-state index contributed by atoms with van der Waals surface area (Å²) >= 11 is 5.39. The number of halogens is 4. The summed E-state index contributed by atoms with van der Waals surface area (Å²) in [6.45, 7) is 3.05. The number of hydrogen-bond donors (Lipinski definition) is 0. The van der Waals surface area contributed by atoms with E-state index in [4.69, 9.17) is 11.6 Å². The zero-order valence-corrected chi connectivity index (χ0v) is 9.89. The largest absolute Gasteiger partial charge is 0.573 e. The van der Waals surface area contributed by atoms with Crippen molar-refractivity contribution in [3.63, 3.8) is 0 Å². The Morgan fingerprint density at radius 2 is 1.88 bits per heavy atom. The Balaban J connectivity index is 3.06. The van der Waals surface area contributed by atoms with Gasteiger partial charge in [-0.3, -0.25) is 4.79 Å². The molecule has 0 N–H and O–H groups in total. The van der Waals surface area contributed by atoms with E-state index < -0.39 is 17.0 Å². The Morgan fingerprint density at radius 3 is 2.35 bits per heavy atom. The van der Waals surface area contributed by atoms with Gasteiger partial charge < -0.3 is 4.74 Å². The van der Waals surface area contributed by atoms with E-state index in [1.807, 2.05) is 0 Å². The summed E-state index contributed by atoms with van der Waals surface area (Å²) in [5.74, 6) is -0.374. The summed E-state index contributed by atoms with van der Waals surface area (Å²) in [6, 6.07) is 5.20. The molecule has 1 rings (SSSR count). The van der Waals surface area contributed by atoms with Gasteiger partial charge in [0.15, 0.2) is 0 Å². The highest BCUT2D eigenvalue weighted by Gasteiger charge is 2.33. The fraction of sp³-hybridized carbons (Fsp3) is 0.364. The van der Waals surface area contributed by atoms with Crippen LogP contribution in [-0.4, -0.2) is 11.6 Å². The van der Waals surface area contributed by atoms with Crippen molar-refractivity contribution in [3.8, 4) is 5.75 Å². The standard InChI is InChI=1S/C11H10ClF3O2/c1-10(2,9(12)16)7-4-3-5-8(6-7)17-11(13,14)15/h3-6H,1-2H3. The lowest BCUT2D eigenvalue weighted by atomic mass is 9.86. The van der Waals surface area contributed by atoms with Crippen molar-refractivity contribution in [2.75, 3.05) is 0 Å². The molecule has 0 aliphatic carbocycles. The number of benzene rings is 1. The number of ether oxygens (including phenoxy) is 1. The first-order valence-corrected chi connectivity index (χ1v) is 5.07. The van der Waals surface area contributed by atoms with Gasteiger partial charge in [-0.15, -0.1) is 13.2 Å². The molecule has 0 fully saturated rings. The second kappa shape index (κ2) is 4.56. The van der Waals surface area contributed by atoms with Gasteiger partial charge in [-0.1, -0.05) is 12.1 Å². The summed E-state index contributed by atoms with van der Waals surface area (Å²) < 4.78 is 39.8. The molecule has 0 aliphatic rings. The van der Waals surface area contributed by atoms with E-state index in [1.54, 1.807) is 0 Å². The van der Waals surface area contributed by atoms with Gasteiger partial charge in [0.2, 0.25) is 5.24 Å². The van der Waals surface area contributed by atoms with Crippen LogP contribution in [-0.2, 0) is 10.2 Å². The molecular weight excluding hydrogens is 257 g/mol. The fourth-order valence-electron chi connectivity index (χ4n) is 1.20. The van der Waals surface area contributed by atoms with E-state index in [0.717, 1.165) is 12.1 Å². The predicted molar refractivity (Wildman–Crippen MR) is 57.0 cm³/mol. The summed E-state index contributed by atoms with van der Waals surface area (Å²) in [5, 5.41) is -0.651. The maximum atomic E-state index is 12.0. The molecule has 0 radical (unpaired) electrons. The summed E-state index contributed by atoms with van der Waals surface area (Å²) in [7, 11) is 0. The van der Waals surface area contributed by atoms with E-state index in [-0.39, 0.29) is 5.75 Å².